The molecule has 9 nitrogen and oxygen atoms in total. The van der Waals surface area contributed by atoms with Gasteiger partial charge in [-0.15, -0.1) is 0 Å². The molecule has 3 heterocycles. The largest absolute Gasteiger partial charge is 0.433 e. The normalized spacial score (nSPS) is 12.0. The van der Waals surface area contributed by atoms with Gasteiger partial charge in [0.15, 0.2) is 0 Å². The third-order valence-electron chi connectivity index (χ3n) is 4.36. The molecule has 3 rings (SSSR count). The number of nitrogens with one attached hydrogen (secondary N) is 2. The molecule has 32 heavy (non-hydrogen) atoms. The number of fused-ring (bicyclic) bond motifs is 1. The van der Waals surface area contributed by atoms with Crippen LogP contribution < -0.4 is 10.6 Å². The molecular formula is C19H18F3N5O4S. The summed E-state index contributed by atoms with van der Waals surface area (Å²) >= 11 is 0. The first-order valence-electron chi connectivity index (χ1n) is 9.14. The lowest BCUT2D eigenvalue weighted by Gasteiger charge is -2.12. The summed E-state index contributed by atoms with van der Waals surface area (Å²) in [5, 5.41) is 4.81. The molecule has 0 atom stereocenters. The molecule has 0 aliphatic carbocycles. The summed E-state index contributed by atoms with van der Waals surface area (Å²) in [6.45, 7) is 0. The number of carbonyl (C=O) groups is 2. The molecule has 13 heteroatoms. The molecule has 170 valence electrons. The predicted octanol–water partition coefficient (Wildman–Crippen LogP) is 1.95. The minimum atomic E-state index is -4.72. The van der Waals surface area contributed by atoms with Crippen molar-refractivity contribution in [1.29, 1.82) is 0 Å². The van der Waals surface area contributed by atoms with Gasteiger partial charge in [-0.3, -0.25) is 9.59 Å². The molecule has 0 bridgehead atoms. The average Bonchev–Trinajstić information content (AvgIpc) is 3.12. The molecule has 2 N–H and O–H groups in total. The topological polar surface area (TPSA) is 123 Å². The highest BCUT2D eigenvalue weighted by Crippen LogP contribution is 2.27. The summed E-state index contributed by atoms with van der Waals surface area (Å²) in [7, 11) is -1.84. The SMILES string of the molecule is CNC(=O)c1cc2nc(CCS(C)(=O)=O)cn2cc1NC(=O)c1cccc(C(F)(F)F)n1. The van der Waals surface area contributed by atoms with Gasteiger partial charge in [0, 0.05) is 32.1 Å². The third-order valence-corrected chi connectivity index (χ3v) is 5.31. The van der Waals surface area contributed by atoms with Gasteiger partial charge < -0.3 is 15.0 Å². The number of alkyl halides is 3. The number of pyridine rings is 2. The highest BCUT2D eigenvalue weighted by atomic mass is 32.2. The number of anilines is 1. The zero-order valence-corrected chi connectivity index (χ0v) is 17.7. The standard InChI is InChI=1S/C19H18F3N5O4S/c1-23-17(28)12-8-16-24-11(6-7-32(2,30)31)9-27(16)10-14(12)26-18(29)13-4-3-5-15(25-13)19(20,21)22/h3-5,8-10H,6-7H2,1-2H3,(H,23,28)(H,26,29). The lowest BCUT2D eigenvalue weighted by Crippen LogP contribution is -2.23. The molecule has 0 spiro atoms. The van der Waals surface area contributed by atoms with E-state index in [1.54, 1.807) is 0 Å². The Labute approximate surface area is 180 Å². The molecule has 0 fully saturated rings. The molecule has 3 aromatic rings. The number of sulfone groups is 1. The molecule has 0 radical (unpaired) electrons. The lowest BCUT2D eigenvalue weighted by atomic mass is 10.2. The first kappa shape index (κ1) is 23.2. The first-order valence-corrected chi connectivity index (χ1v) is 11.2. The van der Waals surface area contributed by atoms with E-state index in [0.29, 0.717) is 11.3 Å². The van der Waals surface area contributed by atoms with Crippen LogP contribution in [0.5, 0.6) is 0 Å². The van der Waals surface area contributed by atoms with Gasteiger partial charge >= 0.3 is 6.18 Å². The van der Waals surface area contributed by atoms with Crippen LogP contribution in [-0.2, 0) is 22.4 Å². The van der Waals surface area contributed by atoms with E-state index in [9.17, 15) is 31.2 Å². The van der Waals surface area contributed by atoms with Crippen LogP contribution in [0.3, 0.4) is 0 Å². The van der Waals surface area contributed by atoms with E-state index in [-0.39, 0.29) is 23.4 Å². The monoisotopic (exact) mass is 469 g/mol. The van der Waals surface area contributed by atoms with Crippen molar-refractivity contribution in [3.63, 3.8) is 0 Å². The second kappa shape index (κ2) is 8.57. The van der Waals surface area contributed by atoms with Crippen molar-refractivity contribution in [3.05, 3.63) is 59.3 Å². The van der Waals surface area contributed by atoms with Crippen LogP contribution in [0.2, 0.25) is 0 Å². The summed E-state index contributed by atoms with van der Waals surface area (Å²) in [6, 6.07) is 4.28. The van der Waals surface area contributed by atoms with Crippen LogP contribution in [-0.4, -0.2) is 53.7 Å². The molecule has 0 unspecified atom stereocenters. The van der Waals surface area contributed by atoms with Crippen LogP contribution in [0.15, 0.2) is 36.7 Å². The number of rotatable bonds is 6. The Morgan fingerprint density at radius 2 is 1.84 bits per heavy atom. The van der Waals surface area contributed by atoms with Crippen LogP contribution in [0.1, 0.15) is 32.2 Å². The second-order valence-electron chi connectivity index (χ2n) is 6.92. The Morgan fingerprint density at radius 3 is 2.47 bits per heavy atom. The van der Waals surface area contributed by atoms with E-state index in [4.69, 9.17) is 0 Å². The van der Waals surface area contributed by atoms with Crippen molar-refractivity contribution in [2.75, 3.05) is 24.4 Å². The van der Waals surface area contributed by atoms with Crippen LogP contribution in [0.4, 0.5) is 18.9 Å². The second-order valence-corrected chi connectivity index (χ2v) is 9.18. The van der Waals surface area contributed by atoms with Gasteiger partial charge in [0.1, 0.15) is 26.9 Å². The Kier molecular flexibility index (Phi) is 6.21. The van der Waals surface area contributed by atoms with E-state index >= 15 is 0 Å². The van der Waals surface area contributed by atoms with E-state index in [1.165, 1.54) is 29.9 Å². The number of imidazole rings is 1. The first-order chi connectivity index (χ1) is 14.9. The van der Waals surface area contributed by atoms with Crippen LogP contribution >= 0.6 is 0 Å². The number of hydrogen-bond acceptors (Lipinski definition) is 6. The number of halogens is 3. The van der Waals surface area contributed by atoms with E-state index in [2.05, 4.69) is 20.6 Å². The molecule has 3 aromatic heterocycles. The van der Waals surface area contributed by atoms with Crippen molar-refractivity contribution in [1.82, 2.24) is 19.7 Å². The number of amides is 2. The van der Waals surface area contributed by atoms with E-state index in [1.807, 2.05) is 0 Å². The summed E-state index contributed by atoms with van der Waals surface area (Å²) < 4.78 is 62.9. The minimum Gasteiger partial charge on any atom is -0.355 e. The molecular weight excluding hydrogens is 451 g/mol. The maximum absolute atomic E-state index is 12.9. The van der Waals surface area contributed by atoms with Crippen molar-refractivity contribution < 1.29 is 31.2 Å². The Balaban J connectivity index is 1.97. The number of carbonyl (C=O) groups excluding carboxylic acids is 2. The fourth-order valence-electron chi connectivity index (χ4n) is 2.82. The molecule has 0 aliphatic heterocycles. The fraction of sp³-hybridized carbons (Fsp3) is 0.263. The average molecular weight is 469 g/mol. The molecule has 2 amide bonds. The Hall–Kier alpha value is -3.48. The Bertz CT molecular complexity index is 1300. The number of aryl methyl sites for hydroxylation is 1. The van der Waals surface area contributed by atoms with Crippen molar-refractivity contribution in [2.45, 2.75) is 12.6 Å². The van der Waals surface area contributed by atoms with E-state index < -0.39 is 39.2 Å². The number of hydrogen-bond donors (Lipinski definition) is 2. The van der Waals surface area contributed by atoms with Gasteiger partial charge in [0.2, 0.25) is 0 Å². The zero-order chi connectivity index (χ0) is 23.7. The predicted molar refractivity (Wildman–Crippen MR) is 109 cm³/mol. The summed E-state index contributed by atoms with van der Waals surface area (Å²) in [5.74, 6) is -1.64. The van der Waals surface area contributed by atoms with Gasteiger partial charge in [0.05, 0.1) is 22.7 Å². The van der Waals surface area contributed by atoms with Crippen LogP contribution in [0.25, 0.3) is 5.65 Å². The van der Waals surface area contributed by atoms with Crippen molar-refractivity contribution in [2.24, 2.45) is 0 Å². The van der Waals surface area contributed by atoms with Gasteiger partial charge in [-0.1, -0.05) is 6.07 Å². The molecule has 0 aromatic carbocycles. The van der Waals surface area contributed by atoms with Gasteiger partial charge in [-0.2, -0.15) is 13.2 Å². The maximum atomic E-state index is 12.9. The smallest absolute Gasteiger partial charge is 0.355 e. The summed E-state index contributed by atoms with van der Waals surface area (Å²) in [6.07, 6.45) is -0.579. The van der Waals surface area contributed by atoms with Gasteiger partial charge in [-0.05, 0) is 18.2 Å². The number of aromatic nitrogens is 3. The molecule has 0 saturated heterocycles. The third kappa shape index (κ3) is 5.41. The Morgan fingerprint density at radius 1 is 1.12 bits per heavy atom. The molecule has 0 saturated carbocycles. The van der Waals surface area contributed by atoms with Crippen molar-refractivity contribution >= 4 is 33.0 Å². The highest BCUT2D eigenvalue weighted by molar-refractivity contribution is 7.90. The quantitative estimate of drug-likeness (QED) is 0.569. The van der Waals surface area contributed by atoms with Gasteiger partial charge in [0.25, 0.3) is 11.8 Å². The lowest BCUT2D eigenvalue weighted by molar-refractivity contribution is -0.141. The summed E-state index contributed by atoms with van der Waals surface area (Å²) in [5.41, 5.74) is -0.920. The zero-order valence-electron chi connectivity index (χ0n) is 16.9. The number of nitrogens with zero attached hydrogens (tertiary/aromatic N) is 3. The van der Waals surface area contributed by atoms with Crippen LogP contribution in [0, 0.1) is 0 Å². The molecule has 0 aliphatic rings. The maximum Gasteiger partial charge on any atom is 0.433 e. The van der Waals surface area contributed by atoms with Crippen molar-refractivity contribution in [3.8, 4) is 0 Å². The fourth-order valence-corrected chi connectivity index (χ4v) is 3.40. The minimum absolute atomic E-state index is 0.00752. The van der Waals surface area contributed by atoms with E-state index in [0.717, 1.165) is 24.5 Å². The summed E-state index contributed by atoms with van der Waals surface area (Å²) in [4.78, 5) is 32.5. The highest BCUT2D eigenvalue weighted by Gasteiger charge is 2.33. The van der Waals surface area contributed by atoms with Gasteiger partial charge in [-0.25, -0.2) is 18.4 Å².